The second-order valence-electron chi connectivity index (χ2n) is 6.68. The van der Waals surface area contributed by atoms with E-state index in [2.05, 4.69) is 0 Å². The van der Waals surface area contributed by atoms with Gasteiger partial charge >= 0.3 is 18.1 Å². The van der Waals surface area contributed by atoms with Crippen molar-refractivity contribution in [3.8, 4) is 11.1 Å². The van der Waals surface area contributed by atoms with E-state index in [1.165, 1.54) is 12.1 Å². The number of halogens is 3. The first-order chi connectivity index (χ1) is 14.3. The Labute approximate surface area is 168 Å². The van der Waals surface area contributed by atoms with Crippen LogP contribution in [0.15, 0.2) is 72.8 Å². The quantitative estimate of drug-likeness (QED) is 0.445. The van der Waals surface area contributed by atoms with Gasteiger partial charge in [0.1, 0.15) is 0 Å². The first kappa shape index (κ1) is 19.4. The monoisotopic (exact) mass is 409 g/mol. The largest absolute Gasteiger partial charge is 0.478 e. The zero-order chi connectivity index (χ0) is 21.5. The number of anilines is 1. The first-order valence-electron chi connectivity index (χ1n) is 8.92. The standard InChI is InChI=1S/C23H14F3NO3/c24-23(25,26)22(30)27-18-12-10-14-6-2-4-8-16(14)20(18)19-15-7-3-1-5-13(15)9-11-17(19)21(28)29/h1-12H,(H,27,30)(H,28,29). The van der Waals surface area contributed by atoms with Gasteiger partial charge in [0, 0.05) is 16.8 Å². The Morgan fingerprint density at radius 3 is 1.83 bits per heavy atom. The summed E-state index contributed by atoms with van der Waals surface area (Å²) in [6.45, 7) is 0. The van der Waals surface area contributed by atoms with Crippen molar-refractivity contribution in [2.75, 3.05) is 5.32 Å². The van der Waals surface area contributed by atoms with E-state index in [0.717, 1.165) is 5.39 Å². The number of rotatable bonds is 3. The van der Waals surface area contributed by atoms with E-state index in [4.69, 9.17) is 0 Å². The molecule has 0 unspecified atom stereocenters. The highest BCUT2D eigenvalue weighted by atomic mass is 19.4. The first-order valence-corrected chi connectivity index (χ1v) is 8.92. The number of nitrogens with one attached hydrogen (secondary N) is 1. The SMILES string of the molecule is O=C(O)c1ccc2ccccc2c1-c1c(NC(=O)C(F)(F)F)ccc2ccccc12. The molecule has 0 radical (unpaired) electrons. The van der Waals surface area contributed by atoms with Crippen molar-refractivity contribution in [1.82, 2.24) is 0 Å². The number of carboxylic acids is 1. The van der Waals surface area contributed by atoms with E-state index in [9.17, 15) is 27.9 Å². The number of aromatic carboxylic acids is 1. The minimum Gasteiger partial charge on any atom is -0.478 e. The van der Waals surface area contributed by atoms with Crippen LogP contribution in [-0.4, -0.2) is 23.2 Å². The lowest BCUT2D eigenvalue weighted by atomic mass is 9.89. The summed E-state index contributed by atoms with van der Waals surface area (Å²) in [4.78, 5) is 23.7. The number of fused-ring (bicyclic) bond motifs is 2. The van der Waals surface area contributed by atoms with Gasteiger partial charge in [0.05, 0.1) is 5.56 Å². The second-order valence-corrected chi connectivity index (χ2v) is 6.68. The van der Waals surface area contributed by atoms with Crippen molar-refractivity contribution in [3.63, 3.8) is 0 Å². The predicted molar refractivity (Wildman–Crippen MR) is 109 cm³/mol. The zero-order valence-electron chi connectivity index (χ0n) is 15.3. The minimum absolute atomic E-state index is 0.0763. The molecule has 0 aliphatic rings. The lowest BCUT2D eigenvalue weighted by Gasteiger charge is -2.18. The highest BCUT2D eigenvalue weighted by Gasteiger charge is 2.39. The summed E-state index contributed by atoms with van der Waals surface area (Å²) >= 11 is 0. The number of amides is 1. The van der Waals surface area contributed by atoms with Crippen LogP contribution in [0, 0.1) is 0 Å². The van der Waals surface area contributed by atoms with E-state index in [1.807, 2.05) is 5.32 Å². The average Bonchev–Trinajstić information content (AvgIpc) is 2.72. The number of hydrogen-bond acceptors (Lipinski definition) is 2. The van der Waals surface area contributed by atoms with Crippen LogP contribution in [0.5, 0.6) is 0 Å². The smallest absolute Gasteiger partial charge is 0.471 e. The topological polar surface area (TPSA) is 66.4 Å². The van der Waals surface area contributed by atoms with Crippen LogP contribution >= 0.6 is 0 Å². The maximum Gasteiger partial charge on any atom is 0.471 e. The Morgan fingerprint density at radius 2 is 1.27 bits per heavy atom. The fraction of sp³-hybridized carbons (Fsp3) is 0.0435. The molecule has 2 N–H and O–H groups in total. The van der Waals surface area contributed by atoms with E-state index >= 15 is 0 Å². The van der Waals surface area contributed by atoms with Gasteiger partial charge in [-0.3, -0.25) is 4.79 Å². The molecular formula is C23H14F3NO3. The van der Waals surface area contributed by atoms with Gasteiger partial charge in [-0.25, -0.2) is 4.79 Å². The molecule has 0 fully saturated rings. The van der Waals surface area contributed by atoms with Gasteiger partial charge in [-0.2, -0.15) is 13.2 Å². The molecule has 0 saturated heterocycles. The third kappa shape index (κ3) is 3.34. The molecule has 0 heterocycles. The molecule has 150 valence electrons. The Kier molecular flexibility index (Phi) is 4.66. The van der Waals surface area contributed by atoms with E-state index in [0.29, 0.717) is 16.2 Å². The maximum absolute atomic E-state index is 12.9. The summed E-state index contributed by atoms with van der Waals surface area (Å²) < 4.78 is 38.8. The summed E-state index contributed by atoms with van der Waals surface area (Å²) in [5.74, 6) is -3.35. The average molecular weight is 409 g/mol. The van der Waals surface area contributed by atoms with Crippen LogP contribution in [0.25, 0.3) is 32.7 Å². The molecule has 4 nitrogen and oxygen atoms in total. The highest BCUT2D eigenvalue weighted by Crippen LogP contribution is 2.41. The van der Waals surface area contributed by atoms with Crippen LogP contribution in [0.4, 0.5) is 18.9 Å². The van der Waals surface area contributed by atoms with Gasteiger partial charge in [-0.1, -0.05) is 60.7 Å². The molecule has 0 bridgehead atoms. The van der Waals surface area contributed by atoms with Crippen molar-refractivity contribution in [2.45, 2.75) is 6.18 Å². The summed E-state index contributed by atoms with van der Waals surface area (Å²) in [6, 6.07) is 19.9. The van der Waals surface area contributed by atoms with Crippen molar-refractivity contribution in [1.29, 1.82) is 0 Å². The third-order valence-corrected chi connectivity index (χ3v) is 4.84. The molecular weight excluding hydrogens is 395 g/mol. The van der Waals surface area contributed by atoms with Crippen molar-refractivity contribution in [2.24, 2.45) is 0 Å². The van der Waals surface area contributed by atoms with Gasteiger partial charge in [-0.05, 0) is 33.7 Å². The van der Waals surface area contributed by atoms with Crippen LogP contribution in [0.1, 0.15) is 10.4 Å². The molecule has 0 atom stereocenters. The summed E-state index contributed by atoms with van der Waals surface area (Å²) in [7, 11) is 0. The number of hydrogen-bond donors (Lipinski definition) is 2. The summed E-state index contributed by atoms with van der Waals surface area (Å²) in [6.07, 6.45) is -5.09. The maximum atomic E-state index is 12.9. The van der Waals surface area contributed by atoms with Gasteiger partial charge in [-0.15, -0.1) is 0 Å². The number of alkyl halides is 3. The number of carbonyl (C=O) groups excluding carboxylic acids is 1. The molecule has 0 aromatic heterocycles. The number of carboxylic acid groups (broad SMARTS) is 1. The lowest BCUT2D eigenvalue weighted by Crippen LogP contribution is -2.30. The Balaban J connectivity index is 2.12. The molecule has 0 saturated carbocycles. The van der Waals surface area contributed by atoms with Crippen LogP contribution in [0.3, 0.4) is 0 Å². The van der Waals surface area contributed by atoms with Crippen LogP contribution < -0.4 is 5.32 Å². The molecule has 1 amide bonds. The molecule has 4 rings (SSSR count). The lowest BCUT2D eigenvalue weighted by molar-refractivity contribution is -0.167. The predicted octanol–water partition coefficient (Wildman–Crippen LogP) is 5.86. The number of carbonyl (C=O) groups is 2. The van der Waals surface area contributed by atoms with Crippen molar-refractivity contribution >= 4 is 39.1 Å². The third-order valence-electron chi connectivity index (χ3n) is 4.84. The number of benzene rings is 4. The second kappa shape index (κ2) is 7.18. The van der Waals surface area contributed by atoms with Crippen molar-refractivity contribution in [3.05, 3.63) is 78.4 Å². The molecule has 4 aromatic rings. The van der Waals surface area contributed by atoms with Crippen LogP contribution in [0.2, 0.25) is 0 Å². The van der Waals surface area contributed by atoms with Gasteiger partial charge < -0.3 is 10.4 Å². The van der Waals surface area contributed by atoms with Crippen molar-refractivity contribution < 1.29 is 27.9 Å². The fourth-order valence-electron chi connectivity index (χ4n) is 3.56. The van der Waals surface area contributed by atoms with E-state index in [-0.39, 0.29) is 22.4 Å². The molecule has 0 aliphatic heterocycles. The van der Waals surface area contributed by atoms with Gasteiger partial charge in [0.25, 0.3) is 0 Å². The Bertz CT molecular complexity index is 1310. The van der Waals surface area contributed by atoms with E-state index in [1.54, 1.807) is 60.7 Å². The van der Waals surface area contributed by atoms with Crippen LogP contribution in [-0.2, 0) is 4.79 Å². The Hall–Kier alpha value is -3.87. The highest BCUT2D eigenvalue weighted by molar-refractivity contribution is 6.17. The molecule has 0 spiro atoms. The fourth-order valence-corrected chi connectivity index (χ4v) is 3.56. The minimum atomic E-state index is -5.09. The normalized spacial score (nSPS) is 11.6. The Morgan fingerprint density at radius 1 is 0.733 bits per heavy atom. The summed E-state index contributed by atoms with van der Waals surface area (Å²) in [5, 5.41) is 14.2. The zero-order valence-corrected chi connectivity index (χ0v) is 15.3. The summed E-state index contributed by atoms with van der Waals surface area (Å²) in [5.41, 5.74) is 0.275. The molecule has 0 aliphatic carbocycles. The van der Waals surface area contributed by atoms with Gasteiger partial charge in [0.2, 0.25) is 0 Å². The molecule has 7 heteroatoms. The molecule has 4 aromatic carbocycles. The van der Waals surface area contributed by atoms with E-state index < -0.39 is 18.1 Å². The van der Waals surface area contributed by atoms with Gasteiger partial charge in [0.15, 0.2) is 0 Å². The molecule has 30 heavy (non-hydrogen) atoms.